The van der Waals surface area contributed by atoms with Crippen LogP contribution in [0, 0.1) is 5.92 Å². The zero-order valence-electron chi connectivity index (χ0n) is 17.8. The molecule has 2 atom stereocenters. The molecule has 0 spiro atoms. The van der Waals surface area contributed by atoms with Crippen LogP contribution in [0.4, 0.5) is 8.78 Å². The van der Waals surface area contributed by atoms with Crippen LogP contribution in [0.25, 0.3) is 11.1 Å². The number of allylic oxidation sites excluding steroid dienone is 1. The Hall–Kier alpha value is -3.60. The van der Waals surface area contributed by atoms with E-state index < -0.39 is 29.6 Å². The SMILES string of the molecule is C=CC(C)C(F)(F)C(=O)C(Cc1ccccc1)NC(=O)c1ccc(-c2ccccc2)cc1. The Labute approximate surface area is 186 Å². The Morgan fingerprint density at radius 2 is 1.44 bits per heavy atom. The van der Waals surface area contributed by atoms with Crippen molar-refractivity contribution >= 4 is 11.7 Å². The monoisotopic (exact) mass is 433 g/mol. The van der Waals surface area contributed by atoms with Gasteiger partial charge < -0.3 is 5.32 Å². The number of amides is 1. The molecule has 32 heavy (non-hydrogen) atoms. The molecule has 0 fully saturated rings. The summed E-state index contributed by atoms with van der Waals surface area (Å²) in [4.78, 5) is 25.6. The molecule has 0 aliphatic rings. The predicted molar refractivity (Wildman–Crippen MR) is 123 cm³/mol. The van der Waals surface area contributed by atoms with Gasteiger partial charge in [0.2, 0.25) is 5.78 Å². The number of hydrogen-bond acceptors (Lipinski definition) is 2. The number of carbonyl (C=O) groups is 2. The van der Waals surface area contributed by atoms with Gasteiger partial charge in [0.25, 0.3) is 5.91 Å². The largest absolute Gasteiger partial charge is 0.342 e. The lowest BCUT2D eigenvalue weighted by Gasteiger charge is -2.26. The molecular weight excluding hydrogens is 408 g/mol. The standard InChI is InChI=1S/C27H25F2NO2/c1-3-19(2)27(28,29)25(31)24(18-20-10-6-4-7-11-20)30-26(32)23-16-14-22(15-17-23)21-12-8-5-9-13-21/h3-17,19,24H,1,18H2,2H3,(H,30,32). The molecule has 5 heteroatoms. The first-order valence-electron chi connectivity index (χ1n) is 10.4. The number of ketones is 1. The van der Waals surface area contributed by atoms with E-state index >= 15 is 0 Å². The van der Waals surface area contributed by atoms with Gasteiger partial charge in [-0.25, -0.2) is 0 Å². The Balaban J connectivity index is 1.82. The van der Waals surface area contributed by atoms with Crippen LogP contribution >= 0.6 is 0 Å². The van der Waals surface area contributed by atoms with E-state index in [0.29, 0.717) is 5.56 Å². The minimum absolute atomic E-state index is 0.0348. The maximum Gasteiger partial charge on any atom is 0.313 e. The molecule has 2 unspecified atom stereocenters. The molecule has 0 radical (unpaired) electrons. The molecule has 1 N–H and O–H groups in total. The molecule has 0 aliphatic heterocycles. The number of carbonyl (C=O) groups excluding carboxylic acids is 2. The topological polar surface area (TPSA) is 46.2 Å². The third-order valence-electron chi connectivity index (χ3n) is 5.41. The lowest BCUT2D eigenvalue weighted by molar-refractivity contribution is -0.149. The van der Waals surface area contributed by atoms with Crippen LogP contribution in [0.1, 0.15) is 22.8 Å². The van der Waals surface area contributed by atoms with Crippen molar-refractivity contribution in [1.29, 1.82) is 0 Å². The van der Waals surface area contributed by atoms with E-state index in [1.165, 1.54) is 6.92 Å². The van der Waals surface area contributed by atoms with E-state index in [2.05, 4.69) is 11.9 Å². The maximum atomic E-state index is 14.7. The molecule has 0 saturated carbocycles. The Morgan fingerprint density at radius 1 is 0.906 bits per heavy atom. The highest BCUT2D eigenvalue weighted by Gasteiger charge is 2.46. The summed E-state index contributed by atoms with van der Waals surface area (Å²) in [5, 5.41) is 2.52. The van der Waals surface area contributed by atoms with Crippen molar-refractivity contribution in [2.75, 3.05) is 0 Å². The number of rotatable bonds is 9. The van der Waals surface area contributed by atoms with Gasteiger partial charge in [-0.15, -0.1) is 6.58 Å². The average Bonchev–Trinajstić information content (AvgIpc) is 2.83. The number of benzene rings is 3. The molecule has 0 aromatic heterocycles. The second kappa shape index (κ2) is 10.1. The summed E-state index contributed by atoms with van der Waals surface area (Å²) in [5.41, 5.74) is 2.88. The summed E-state index contributed by atoms with van der Waals surface area (Å²) in [6.45, 7) is 4.61. The van der Waals surface area contributed by atoms with E-state index in [-0.39, 0.29) is 12.0 Å². The fraction of sp³-hybridized carbons (Fsp3) is 0.185. The van der Waals surface area contributed by atoms with Crippen LogP contribution in [-0.4, -0.2) is 23.7 Å². The van der Waals surface area contributed by atoms with E-state index in [1.54, 1.807) is 54.6 Å². The van der Waals surface area contributed by atoms with Gasteiger partial charge in [-0.1, -0.05) is 85.8 Å². The van der Waals surface area contributed by atoms with E-state index in [4.69, 9.17) is 0 Å². The van der Waals surface area contributed by atoms with Crippen LogP contribution in [-0.2, 0) is 11.2 Å². The van der Waals surface area contributed by atoms with Crippen LogP contribution in [0.2, 0.25) is 0 Å². The summed E-state index contributed by atoms with van der Waals surface area (Å²) < 4.78 is 29.4. The zero-order chi connectivity index (χ0) is 23.1. The fourth-order valence-corrected chi connectivity index (χ4v) is 3.35. The molecule has 0 saturated heterocycles. The van der Waals surface area contributed by atoms with Crippen molar-refractivity contribution in [3.8, 4) is 11.1 Å². The smallest absolute Gasteiger partial charge is 0.313 e. The van der Waals surface area contributed by atoms with Gasteiger partial charge >= 0.3 is 5.92 Å². The molecule has 0 aliphatic carbocycles. The molecule has 164 valence electrons. The van der Waals surface area contributed by atoms with Gasteiger partial charge in [0.15, 0.2) is 0 Å². The predicted octanol–water partition coefficient (Wildman–Crippen LogP) is 5.72. The summed E-state index contributed by atoms with van der Waals surface area (Å²) >= 11 is 0. The van der Waals surface area contributed by atoms with Crippen LogP contribution in [0.5, 0.6) is 0 Å². The van der Waals surface area contributed by atoms with Gasteiger partial charge in [-0.05, 0) is 35.2 Å². The normalized spacial score (nSPS) is 13.1. The summed E-state index contributed by atoms with van der Waals surface area (Å²) in [6.07, 6.45) is 1.01. The number of nitrogens with one attached hydrogen (secondary N) is 1. The van der Waals surface area contributed by atoms with Crippen molar-refractivity contribution in [2.24, 2.45) is 5.92 Å². The van der Waals surface area contributed by atoms with E-state index in [0.717, 1.165) is 17.2 Å². The molecule has 3 aromatic carbocycles. The van der Waals surface area contributed by atoms with Gasteiger partial charge in [0, 0.05) is 11.5 Å². The second-order valence-corrected chi connectivity index (χ2v) is 7.67. The first-order valence-corrected chi connectivity index (χ1v) is 10.4. The van der Waals surface area contributed by atoms with Crippen LogP contribution in [0.15, 0.2) is 97.6 Å². The van der Waals surface area contributed by atoms with Gasteiger partial charge in [-0.2, -0.15) is 8.78 Å². The second-order valence-electron chi connectivity index (χ2n) is 7.67. The minimum atomic E-state index is -3.65. The number of Topliss-reactive ketones (excluding diaryl/α,β-unsaturated/α-hetero) is 1. The highest BCUT2D eigenvalue weighted by atomic mass is 19.3. The Kier molecular flexibility index (Phi) is 7.31. The van der Waals surface area contributed by atoms with Crippen LogP contribution < -0.4 is 5.32 Å². The maximum absolute atomic E-state index is 14.7. The summed E-state index contributed by atoms with van der Waals surface area (Å²) in [5.74, 6) is -6.91. The Morgan fingerprint density at radius 3 is 2.00 bits per heavy atom. The lowest BCUT2D eigenvalue weighted by atomic mass is 9.91. The van der Waals surface area contributed by atoms with Crippen molar-refractivity contribution in [2.45, 2.75) is 25.3 Å². The summed E-state index contributed by atoms with van der Waals surface area (Å²) in [7, 11) is 0. The number of alkyl halides is 2. The molecular formula is C27H25F2NO2. The van der Waals surface area contributed by atoms with Gasteiger partial charge in [0.1, 0.15) is 0 Å². The first-order chi connectivity index (χ1) is 15.3. The van der Waals surface area contributed by atoms with Crippen molar-refractivity contribution in [3.05, 3.63) is 109 Å². The zero-order valence-corrected chi connectivity index (χ0v) is 17.8. The van der Waals surface area contributed by atoms with Gasteiger partial charge in [-0.3, -0.25) is 9.59 Å². The van der Waals surface area contributed by atoms with Crippen LogP contribution in [0.3, 0.4) is 0 Å². The number of halogens is 2. The minimum Gasteiger partial charge on any atom is -0.342 e. The molecule has 3 nitrogen and oxygen atoms in total. The van der Waals surface area contributed by atoms with Crippen molar-refractivity contribution in [3.63, 3.8) is 0 Å². The average molecular weight is 433 g/mol. The third kappa shape index (κ3) is 5.35. The fourth-order valence-electron chi connectivity index (χ4n) is 3.35. The highest BCUT2D eigenvalue weighted by molar-refractivity contribution is 6.00. The van der Waals surface area contributed by atoms with E-state index in [1.807, 2.05) is 30.3 Å². The highest BCUT2D eigenvalue weighted by Crippen LogP contribution is 2.28. The first kappa shape index (κ1) is 23.1. The molecule has 3 rings (SSSR count). The van der Waals surface area contributed by atoms with Gasteiger partial charge in [0.05, 0.1) is 6.04 Å². The molecule has 3 aromatic rings. The van der Waals surface area contributed by atoms with Crippen molar-refractivity contribution in [1.82, 2.24) is 5.32 Å². The third-order valence-corrected chi connectivity index (χ3v) is 5.41. The van der Waals surface area contributed by atoms with Crippen molar-refractivity contribution < 1.29 is 18.4 Å². The van der Waals surface area contributed by atoms with E-state index in [9.17, 15) is 18.4 Å². The molecule has 0 bridgehead atoms. The lowest BCUT2D eigenvalue weighted by Crippen LogP contribution is -2.51. The quantitative estimate of drug-likeness (QED) is 0.439. The molecule has 0 heterocycles. The molecule has 1 amide bonds. The Bertz CT molecular complexity index is 1060. The summed E-state index contributed by atoms with van der Waals surface area (Å²) in [6, 6.07) is 23.8. The number of hydrogen-bond donors (Lipinski definition) is 1.